The van der Waals surface area contributed by atoms with Crippen molar-refractivity contribution < 1.29 is 21.4 Å². The highest BCUT2D eigenvalue weighted by Gasteiger charge is 2.28. The van der Waals surface area contributed by atoms with Gasteiger partial charge >= 0.3 is 0 Å². The molecule has 30 heavy (non-hydrogen) atoms. The lowest BCUT2D eigenvalue weighted by molar-refractivity contribution is 0.393. The molecule has 1 fully saturated rings. The molecular formula is C18H27N5O5S2. The van der Waals surface area contributed by atoms with Gasteiger partial charge in [-0.3, -0.25) is 5.73 Å². The van der Waals surface area contributed by atoms with Crippen molar-refractivity contribution in [3.63, 3.8) is 0 Å². The van der Waals surface area contributed by atoms with Crippen molar-refractivity contribution in [3.05, 3.63) is 23.6 Å². The van der Waals surface area contributed by atoms with Crippen LogP contribution in [-0.2, 0) is 19.9 Å². The molecule has 2 aromatic rings. The Morgan fingerprint density at radius 3 is 2.33 bits per heavy atom. The van der Waals surface area contributed by atoms with Gasteiger partial charge in [0.1, 0.15) is 10.7 Å². The predicted octanol–water partition coefficient (Wildman–Crippen LogP) is 1.46. The van der Waals surface area contributed by atoms with Gasteiger partial charge in [-0.05, 0) is 44.4 Å². The quantitative estimate of drug-likeness (QED) is 0.355. The van der Waals surface area contributed by atoms with Gasteiger partial charge in [0.25, 0.3) is 0 Å². The Morgan fingerprint density at radius 1 is 1.17 bits per heavy atom. The van der Waals surface area contributed by atoms with E-state index in [4.69, 9.17) is 16.0 Å². The number of hydrogen-bond donors (Lipinski definition) is 4. The molecule has 1 heterocycles. The molecule has 1 aliphatic rings. The number of aromatic nitrogens is 1. The third-order valence-electron chi connectivity index (χ3n) is 5.19. The fraction of sp³-hybridized carbons (Fsp3) is 0.500. The highest BCUT2D eigenvalue weighted by atomic mass is 32.2. The number of nitrogens with one attached hydrogen (secondary N) is 2. The van der Waals surface area contributed by atoms with Crippen LogP contribution >= 0.6 is 0 Å². The van der Waals surface area contributed by atoms with Crippen LogP contribution in [0.3, 0.4) is 0 Å². The molecule has 1 atom stereocenters. The van der Waals surface area contributed by atoms with E-state index in [1.165, 1.54) is 6.07 Å². The molecule has 0 saturated heterocycles. The summed E-state index contributed by atoms with van der Waals surface area (Å²) in [5.74, 6) is 0.489. The maximum atomic E-state index is 13.1. The molecule has 10 nitrogen and oxygen atoms in total. The number of sulfone groups is 1. The second-order valence-electron chi connectivity index (χ2n) is 7.63. The number of nitrogens with zero attached hydrogens (tertiary/aromatic N) is 1. The molecule has 3 rings (SSSR count). The van der Waals surface area contributed by atoms with Gasteiger partial charge in [0.15, 0.2) is 15.3 Å². The summed E-state index contributed by atoms with van der Waals surface area (Å²) in [5, 5.41) is 6.53. The van der Waals surface area contributed by atoms with E-state index in [1.54, 1.807) is 19.9 Å². The molecule has 0 amide bonds. The van der Waals surface area contributed by atoms with Crippen LogP contribution in [0.25, 0.3) is 11.1 Å². The smallest absolute Gasteiger partial charge is 0.242 e. The van der Waals surface area contributed by atoms with Gasteiger partial charge in [-0.15, -0.1) is 0 Å². The topological polar surface area (TPSA) is 170 Å². The number of nitrogens with two attached hydrogens (primary N) is 2. The predicted molar refractivity (Wildman–Crippen MR) is 115 cm³/mol. The van der Waals surface area contributed by atoms with Gasteiger partial charge in [-0.25, -0.2) is 21.6 Å². The average Bonchev–Trinajstić information content (AvgIpc) is 3.25. The van der Waals surface area contributed by atoms with E-state index in [1.807, 2.05) is 0 Å². The summed E-state index contributed by atoms with van der Waals surface area (Å²) in [6.07, 6.45) is 4.40. The summed E-state index contributed by atoms with van der Waals surface area (Å²) in [4.78, 5) is -0.157. The zero-order chi connectivity index (χ0) is 22.3. The molecular weight excluding hydrogens is 430 g/mol. The summed E-state index contributed by atoms with van der Waals surface area (Å²) >= 11 is 0. The lowest BCUT2D eigenvalue weighted by Gasteiger charge is -2.20. The maximum Gasteiger partial charge on any atom is 0.242 e. The first-order valence-corrected chi connectivity index (χ1v) is 12.9. The molecule has 1 aromatic carbocycles. The largest absolute Gasteiger partial charge is 0.396 e. The fourth-order valence-corrected chi connectivity index (χ4v) is 5.42. The lowest BCUT2D eigenvalue weighted by Crippen LogP contribution is -2.38. The van der Waals surface area contributed by atoms with Crippen LogP contribution in [0.15, 0.2) is 21.6 Å². The highest BCUT2D eigenvalue weighted by molar-refractivity contribution is 7.91. The molecule has 0 spiro atoms. The first-order chi connectivity index (χ1) is 13.9. The van der Waals surface area contributed by atoms with Crippen molar-refractivity contribution >= 4 is 31.2 Å². The first kappa shape index (κ1) is 22.5. The van der Waals surface area contributed by atoms with Crippen LogP contribution in [0.2, 0.25) is 0 Å². The number of sulfonamides is 1. The maximum absolute atomic E-state index is 13.1. The minimum absolute atomic E-state index is 0.0946. The Bertz CT molecular complexity index is 1130. The Hall–Kier alpha value is -2.15. The third-order valence-corrected chi connectivity index (χ3v) is 7.79. The van der Waals surface area contributed by atoms with Crippen LogP contribution in [0, 0.1) is 13.8 Å². The van der Waals surface area contributed by atoms with Gasteiger partial charge in [0, 0.05) is 17.9 Å². The SMILES string of the molecule is Cc1noc(C)c1-c1cc(NC(N)S(C)(=O)=O)c(N)c(S(=O)(=O)NC2CCCC2)c1. The standard InChI is InChI=1S/C18H27N5O5S2/c1-10-16(11(2)28-22-10)12-8-14(21-18(20)29(3,24)25)17(19)15(9-12)30(26,27)23-13-6-4-5-7-13/h8-9,13,18,21,23H,4-7,19-20H2,1-3H3. The van der Waals surface area contributed by atoms with Gasteiger partial charge < -0.3 is 15.6 Å². The van der Waals surface area contributed by atoms with Crippen LogP contribution < -0.4 is 21.5 Å². The minimum atomic E-state index is -3.96. The van der Waals surface area contributed by atoms with Gasteiger partial charge in [-0.2, -0.15) is 0 Å². The van der Waals surface area contributed by atoms with Crippen molar-refractivity contribution in [2.45, 2.75) is 56.0 Å². The molecule has 1 saturated carbocycles. The zero-order valence-electron chi connectivity index (χ0n) is 17.1. The number of aryl methyl sites for hydroxylation is 2. The first-order valence-electron chi connectivity index (χ1n) is 9.50. The highest BCUT2D eigenvalue weighted by Crippen LogP contribution is 2.37. The summed E-state index contributed by atoms with van der Waals surface area (Å²) in [6, 6.07) is 2.82. The summed E-state index contributed by atoms with van der Waals surface area (Å²) < 4.78 is 57.8. The summed E-state index contributed by atoms with van der Waals surface area (Å²) in [7, 11) is -7.62. The molecule has 6 N–H and O–H groups in total. The molecule has 166 valence electrons. The number of rotatable bonds is 7. The Morgan fingerprint density at radius 2 is 1.80 bits per heavy atom. The molecule has 0 bridgehead atoms. The summed E-state index contributed by atoms with van der Waals surface area (Å²) in [6.45, 7) is 3.43. The molecule has 1 unspecified atom stereocenters. The monoisotopic (exact) mass is 457 g/mol. The molecule has 0 aliphatic heterocycles. The average molecular weight is 458 g/mol. The van der Waals surface area contributed by atoms with Gasteiger partial charge in [-0.1, -0.05) is 18.0 Å². The number of hydrogen-bond acceptors (Lipinski definition) is 9. The van der Waals surface area contributed by atoms with E-state index >= 15 is 0 Å². The number of benzene rings is 1. The zero-order valence-corrected chi connectivity index (χ0v) is 18.7. The van der Waals surface area contributed by atoms with E-state index < -0.39 is 25.4 Å². The second kappa shape index (κ2) is 8.17. The van der Waals surface area contributed by atoms with Crippen molar-refractivity contribution in [2.24, 2.45) is 5.73 Å². The van der Waals surface area contributed by atoms with Gasteiger partial charge in [0.2, 0.25) is 10.0 Å². The summed E-state index contributed by atoms with van der Waals surface area (Å²) in [5.41, 5.74) is 12.0. The lowest BCUT2D eigenvalue weighted by atomic mass is 10.0. The van der Waals surface area contributed by atoms with Crippen LogP contribution in [0.4, 0.5) is 11.4 Å². The molecule has 0 radical (unpaired) electrons. The Labute approximate surface area is 176 Å². The van der Waals surface area contributed by atoms with Crippen molar-refractivity contribution in [2.75, 3.05) is 17.3 Å². The van der Waals surface area contributed by atoms with Crippen LogP contribution in [0.1, 0.15) is 37.1 Å². The third kappa shape index (κ3) is 4.61. The minimum Gasteiger partial charge on any atom is -0.396 e. The fourth-order valence-electron chi connectivity index (χ4n) is 3.59. The van der Waals surface area contributed by atoms with Crippen LogP contribution in [0.5, 0.6) is 0 Å². The molecule has 12 heteroatoms. The number of nitrogen functional groups attached to an aromatic ring is 1. The van der Waals surface area contributed by atoms with E-state index in [-0.39, 0.29) is 22.3 Å². The Kier molecular flexibility index (Phi) is 6.14. The van der Waals surface area contributed by atoms with Gasteiger partial charge in [0.05, 0.1) is 17.1 Å². The Balaban J connectivity index is 2.15. The van der Waals surface area contributed by atoms with Crippen molar-refractivity contribution in [3.8, 4) is 11.1 Å². The van der Waals surface area contributed by atoms with Crippen molar-refractivity contribution in [1.82, 2.24) is 9.88 Å². The van der Waals surface area contributed by atoms with E-state index in [9.17, 15) is 16.8 Å². The number of anilines is 2. The second-order valence-corrected chi connectivity index (χ2v) is 11.5. The van der Waals surface area contributed by atoms with Crippen molar-refractivity contribution in [1.29, 1.82) is 0 Å². The molecule has 1 aromatic heterocycles. The molecule has 1 aliphatic carbocycles. The normalized spacial score (nSPS) is 16.7. The van der Waals surface area contributed by atoms with E-state index in [0.29, 0.717) is 22.6 Å². The van der Waals surface area contributed by atoms with E-state index in [0.717, 1.165) is 31.9 Å². The van der Waals surface area contributed by atoms with E-state index in [2.05, 4.69) is 15.2 Å². The van der Waals surface area contributed by atoms with Crippen LogP contribution in [-0.4, -0.2) is 39.8 Å².